The van der Waals surface area contributed by atoms with Crippen LogP contribution in [0.2, 0.25) is 0 Å². The summed E-state index contributed by atoms with van der Waals surface area (Å²) in [5.41, 5.74) is 0. The number of rotatable bonds is 5. The predicted molar refractivity (Wildman–Crippen MR) is 70.0 cm³/mol. The minimum absolute atomic E-state index is 0.155. The van der Waals surface area contributed by atoms with Crippen LogP contribution in [-0.2, 0) is 4.79 Å². The van der Waals surface area contributed by atoms with Gasteiger partial charge in [-0.25, -0.2) is 0 Å². The van der Waals surface area contributed by atoms with Crippen LogP contribution in [0.25, 0.3) is 0 Å². The summed E-state index contributed by atoms with van der Waals surface area (Å²) in [5, 5.41) is 0. The Labute approximate surface area is 104 Å². The van der Waals surface area contributed by atoms with E-state index in [0.717, 1.165) is 10.9 Å². The third-order valence-corrected chi connectivity index (χ3v) is 4.57. The topological polar surface area (TPSA) is 17.1 Å². The Morgan fingerprint density at radius 3 is 2.44 bits per heavy atom. The van der Waals surface area contributed by atoms with Crippen molar-refractivity contribution < 1.29 is 4.79 Å². The molecule has 0 aliphatic carbocycles. The van der Waals surface area contributed by atoms with E-state index in [9.17, 15) is 4.79 Å². The molecule has 86 valence electrons. The van der Waals surface area contributed by atoms with Crippen molar-refractivity contribution in [3.05, 3.63) is 40.9 Å². The average Bonchev–Trinajstić information content (AvgIpc) is 2.25. The van der Waals surface area contributed by atoms with Crippen LogP contribution < -0.4 is 4.46 Å². The Morgan fingerprint density at radius 1 is 1.31 bits per heavy atom. The molecule has 1 aromatic rings. The van der Waals surface area contributed by atoms with Gasteiger partial charge < -0.3 is 0 Å². The number of ketones is 1. The maximum absolute atomic E-state index is 11.5. The molecule has 0 aliphatic heterocycles. The molecule has 2 heteroatoms. The first-order valence-corrected chi connectivity index (χ1v) is 7.25. The molecule has 1 aromatic carbocycles. The van der Waals surface area contributed by atoms with Crippen LogP contribution in [0.4, 0.5) is 0 Å². The summed E-state index contributed by atoms with van der Waals surface area (Å²) in [4.78, 5) is 11.5. The molecule has 1 rings (SSSR count). The fraction of sp³-hybridized carbons (Fsp3) is 0.357. The molecule has 0 N–H and O–H groups in total. The van der Waals surface area contributed by atoms with Crippen LogP contribution in [0.1, 0.15) is 27.2 Å². The molecule has 16 heavy (non-hydrogen) atoms. The van der Waals surface area contributed by atoms with E-state index >= 15 is 0 Å². The minimum atomic E-state index is 0.155. The third-order valence-electron chi connectivity index (χ3n) is 2.09. The summed E-state index contributed by atoms with van der Waals surface area (Å²) in [6, 6.07) is 10.2. The Hall–Kier alpha value is -0.851. The van der Waals surface area contributed by atoms with Crippen molar-refractivity contribution in [2.75, 3.05) is 0 Å². The summed E-state index contributed by atoms with van der Waals surface area (Å²) < 4.78 is 2.26. The van der Waals surface area contributed by atoms with Gasteiger partial charge in [0.25, 0.3) is 0 Å². The molecule has 0 aromatic heterocycles. The van der Waals surface area contributed by atoms with Gasteiger partial charge in [-0.15, -0.1) is 0 Å². The van der Waals surface area contributed by atoms with Gasteiger partial charge in [-0.3, -0.25) is 0 Å². The Bertz CT molecular complexity index is 366. The van der Waals surface area contributed by atoms with Gasteiger partial charge >= 0.3 is 104 Å². The quantitative estimate of drug-likeness (QED) is 0.599. The normalized spacial score (nSPS) is 11.9. The van der Waals surface area contributed by atoms with E-state index in [0.29, 0.717) is 5.92 Å². The zero-order chi connectivity index (χ0) is 12.0. The van der Waals surface area contributed by atoms with E-state index in [1.54, 1.807) is 6.92 Å². The molecule has 0 saturated carbocycles. The number of carbonyl (C=O) groups excluding carboxylic acids is 1. The summed E-state index contributed by atoms with van der Waals surface area (Å²) in [5.74, 6) is 0.824. The van der Waals surface area contributed by atoms with Crippen molar-refractivity contribution in [1.29, 1.82) is 0 Å². The fourth-order valence-corrected chi connectivity index (χ4v) is 3.04. The van der Waals surface area contributed by atoms with Gasteiger partial charge in [-0.1, -0.05) is 0 Å². The zero-order valence-corrected chi connectivity index (χ0v) is 11.8. The van der Waals surface area contributed by atoms with Gasteiger partial charge in [0, 0.05) is 0 Å². The molecule has 0 aliphatic rings. The van der Waals surface area contributed by atoms with Gasteiger partial charge in [-0.05, 0) is 0 Å². The van der Waals surface area contributed by atoms with Gasteiger partial charge in [0.05, 0.1) is 0 Å². The van der Waals surface area contributed by atoms with E-state index in [1.165, 1.54) is 4.46 Å². The van der Waals surface area contributed by atoms with Gasteiger partial charge in [0.2, 0.25) is 0 Å². The number of hydrogen-bond acceptors (Lipinski definition) is 1. The second kappa shape index (κ2) is 6.67. The third kappa shape index (κ3) is 4.78. The molecule has 0 atom stereocenters. The van der Waals surface area contributed by atoms with E-state index < -0.39 is 0 Å². The molecule has 0 saturated heterocycles. The van der Waals surface area contributed by atoms with Crippen LogP contribution in [0.3, 0.4) is 0 Å². The molecule has 0 amide bonds. The number of allylic oxidation sites excluding steroid dienone is 2. The van der Waals surface area contributed by atoms with Crippen molar-refractivity contribution in [2.24, 2.45) is 5.92 Å². The average molecular weight is 281 g/mol. The van der Waals surface area contributed by atoms with Gasteiger partial charge in [0.1, 0.15) is 0 Å². The number of carbonyl (C=O) groups is 1. The molecule has 0 spiro atoms. The summed E-state index contributed by atoms with van der Waals surface area (Å²) >= 11 is 0.155. The van der Waals surface area contributed by atoms with Crippen molar-refractivity contribution in [2.45, 2.75) is 27.2 Å². The zero-order valence-electron chi connectivity index (χ0n) is 10.1. The fourth-order valence-electron chi connectivity index (χ4n) is 1.22. The monoisotopic (exact) mass is 282 g/mol. The van der Waals surface area contributed by atoms with Crippen molar-refractivity contribution in [3.63, 3.8) is 0 Å². The molecular weight excluding hydrogens is 263 g/mol. The van der Waals surface area contributed by atoms with E-state index in [2.05, 4.69) is 32.1 Å². The Morgan fingerprint density at radius 2 is 1.94 bits per heavy atom. The van der Waals surface area contributed by atoms with Crippen molar-refractivity contribution >= 4 is 25.2 Å². The number of hydrogen-bond donors (Lipinski definition) is 0. The summed E-state index contributed by atoms with van der Waals surface area (Å²) in [6.45, 7) is 6.00. The maximum atomic E-state index is 11.5. The molecule has 0 unspecified atom stereocenters. The van der Waals surface area contributed by atoms with E-state index in [-0.39, 0.29) is 20.7 Å². The SMILES string of the molecule is CC(=O)/C(=C/CC(C)C)[Se]c1ccccc1. The van der Waals surface area contributed by atoms with E-state index in [1.807, 2.05) is 18.2 Å². The van der Waals surface area contributed by atoms with E-state index in [4.69, 9.17) is 0 Å². The van der Waals surface area contributed by atoms with Gasteiger partial charge in [-0.2, -0.15) is 0 Å². The van der Waals surface area contributed by atoms with Crippen LogP contribution in [0, 0.1) is 5.92 Å². The second-order valence-corrected chi connectivity index (χ2v) is 6.51. The molecule has 0 radical (unpaired) electrons. The summed E-state index contributed by atoms with van der Waals surface area (Å²) in [6.07, 6.45) is 3.10. The Balaban J connectivity index is 2.73. The first-order chi connectivity index (χ1) is 7.59. The molecule has 1 nitrogen and oxygen atoms in total. The molecule has 0 heterocycles. The second-order valence-electron chi connectivity index (χ2n) is 4.17. The number of benzene rings is 1. The van der Waals surface area contributed by atoms with Crippen LogP contribution in [0.5, 0.6) is 0 Å². The van der Waals surface area contributed by atoms with Crippen LogP contribution in [0.15, 0.2) is 40.9 Å². The van der Waals surface area contributed by atoms with Crippen molar-refractivity contribution in [3.8, 4) is 0 Å². The van der Waals surface area contributed by atoms with Crippen molar-refractivity contribution in [1.82, 2.24) is 0 Å². The Kier molecular flexibility index (Phi) is 5.51. The standard InChI is InChI=1S/C14H18OSe/c1-11(2)9-10-14(12(3)15)16-13-7-5-4-6-8-13/h4-8,10-11H,9H2,1-3H3/b14-10-. The van der Waals surface area contributed by atoms with Gasteiger partial charge in [0.15, 0.2) is 0 Å². The first-order valence-electron chi connectivity index (χ1n) is 5.53. The molecular formula is C14H18OSe. The molecule has 0 fully saturated rings. The predicted octanol–water partition coefficient (Wildman–Crippen LogP) is 2.54. The summed E-state index contributed by atoms with van der Waals surface area (Å²) in [7, 11) is 0. The molecule has 0 bridgehead atoms. The number of Topliss-reactive ketones (excluding diaryl/α,β-unsaturated/α-hetero) is 1. The van der Waals surface area contributed by atoms with Crippen LogP contribution >= 0.6 is 0 Å². The first kappa shape index (κ1) is 13.2. The van der Waals surface area contributed by atoms with Crippen LogP contribution in [-0.4, -0.2) is 20.7 Å².